The molecule has 3 aromatic rings. The summed E-state index contributed by atoms with van der Waals surface area (Å²) in [5.41, 5.74) is 3.83. The number of imidazole rings is 1. The van der Waals surface area contributed by atoms with E-state index in [2.05, 4.69) is 20.6 Å². The first kappa shape index (κ1) is 18.6. The van der Waals surface area contributed by atoms with Crippen molar-refractivity contribution in [3.63, 3.8) is 0 Å². The zero-order valence-electron chi connectivity index (χ0n) is 15.7. The molecule has 6 nitrogen and oxygen atoms in total. The number of para-hydroxylation sites is 2. The molecular weight excluding hydrogens is 340 g/mol. The minimum atomic E-state index is -0.369. The van der Waals surface area contributed by atoms with Gasteiger partial charge in [0, 0.05) is 6.92 Å². The van der Waals surface area contributed by atoms with Crippen LogP contribution in [0.5, 0.6) is 0 Å². The maximum absolute atomic E-state index is 12.6. The lowest BCUT2D eigenvalue weighted by atomic mass is 10.0. The number of aromatic nitrogens is 2. The molecule has 2 atom stereocenters. The lowest BCUT2D eigenvalue weighted by Crippen LogP contribution is -2.34. The smallest absolute Gasteiger partial charge is 0.222 e. The Morgan fingerprint density at radius 1 is 1.07 bits per heavy atom. The van der Waals surface area contributed by atoms with E-state index in [1.165, 1.54) is 6.92 Å². The van der Waals surface area contributed by atoms with Gasteiger partial charge in [0.15, 0.2) is 0 Å². The molecule has 1 aromatic heterocycles. The summed E-state index contributed by atoms with van der Waals surface area (Å²) < 4.78 is 0. The molecule has 0 aliphatic heterocycles. The van der Waals surface area contributed by atoms with Gasteiger partial charge in [-0.25, -0.2) is 4.98 Å². The monoisotopic (exact) mass is 364 g/mol. The minimum Gasteiger partial charge on any atom is -0.349 e. The van der Waals surface area contributed by atoms with Crippen molar-refractivity contribution in [1.82, 2.24) is 20.6 Å². The van der Waals surface area contributed by atoms with Crippen LogP contribution in [-0.2, 0) is 9.59 Å². The van der Waals surface area contributed by atoms with Crippen molar-refractivity contribution in [2.45, 2.75) is 39.3 Å². The summed E-state index contributed by atoms with van der Waals surface area (Å²) >= 11 is 0. The molecule has 0 saturated heterocycles. The highest BCUT2D eigenvalue weighted by molar-refractivity contribution is 5.80. The summed E-state index contributed by atoms with van der Waals surface area (Å²) in [7, 11) is 0. The van der Waals surface area contributed by atoms with E-state index in [4.69, 9.17) is 0 Å². The molecule has 140 valence electrons. The number of carbonyl (C=O) groups excluding carboxylic acids is 2. The lowest BCUT2D eigenvalue weighted by molar-refractivity contribution is -0.123. The van der Waals surface area contributed by atoms with Gasteiger partial charge in [-0.3, -0.25) is 9.59 Å². The third kappa shape index (κ3) is 4.73. The highest BCUT2D eigenvalue weighted by Gasteiger charge is 2.20. The lowest BCUT2D eigenvalue weighted by Gasteiger charge is -2.19. The van der Waals surface area contributed by atoms with Crippen molar-refractivity contribution in [3.05, 3.63) is 65.5 Å². The summed E-state index contributed by atoms with van der Waals surface area (Å²) in [4.78, 5) is 31.9. The van der Waals surface area contributed by atoms with Crippen LogP contribution in [0.3, 0.4) is 0 Å². The number of benzene rings is 2. The van der Waals surface area contributed by atoms with Crippen molar-refractivity contribution < 1.29 is 9.59 Å². The fourth-order valence-electron chi connectivity index (χ4n) is 3.03. The molecule has 0 spiro atoms. The fraction of sp³-hybridized carbons (Fsp3) is 0.286. The van der Waals surface area contributed by atoms with Crippen molar-refractivity contribution in [2.24, 2.45) is 0 Å². The van der Waals surface area contributed by atoms with Crippen molar-refractivity contribution >= 4 is 22.8 Å². The number of fused-ring (bicyclic) bond motifs is 1. The molecule has 0 fully saturated rings. The zero-order chi connectivity index (χ0) is 19.4. The normalized spacial score (nSPS) is 13.1. The number of H-pyrrole nitrogens is 1. The van der Waals surface area contributed by atoms with E-state index in [1.807, 2.05) is 62.4 Å². The molecule has 3 N–H and O–H groups in total. The van der Waals surface area contributed by atoms with Gasteiger partial charge in [-0.1, -0.05) is 42.0 Å². The standard InChI is InChI=1S/C21H24N4O2/c1-13-8-10-16(11-9-13)19(23-15(3)26)12-20(27)22-14(2)21-24-17-6-4-5-7-18(17)25-21/h4-11,14,19H,12H2,1-3H3,(H,22,27)(H,23,26)(H,24,25)/t14-,19-/m0/s1. The molecule has 0 bridgehead atoms. The van der Waals surface area contributed by atoms with Gasteiger partial charge in [-0.15, -0.1) is 0 Å². The van der Waals surface area contributed by atoms with Crippen LogP contribution < -0.4 is 10.6 Å². The van der Waals surface area contributed by atoms with Gasteiger partial charge in [0.25, 0.3) is 0 Å². The molecule has 0 aliphatic carbocycles. The number of hydrogen-bond donors (Lipinski definition) is 3. The second-order valence-electron chi connectivity index (χ2n) is 6.80. The van der Waals surface area contributed by atoms with Crippen LogP contribution in [0.25, 0.3) is 11.0 Å². The van der Waals surface area contributed by atoms with Crippen LogP contribution in [0.4, 0.5) is 0 Å². The molecule has 27 heavy (non-hydrogen) atoms. The van der Waals surface area contributed by atoms with Crippen molar-refractivity contribution in [1.29, 1.82) is 0 Å². The van der Waals surface area contributed by atoms with Crippen LogP contribution in [0, 0.1) is 6.92 Å². The number of carbonyl (C=O) groups is 2. The van der Waals surface area contributed by atoms with E-state index < -0.39 is 0 Å². The van der Waals surface area contributed by atoms with Gasteiger partial charge < -0.3 is 15.6 Å². The van der Waals surface area contributed by atoms with E-state index in [0.717, 1.165) is 22.2 Å². The quantitative estimate of drug-likeness (QED) is 0.627. The Morgan fingerprint density at radius 2 is 1.78 bits per heavy atom. The minimum absolute atomic E-state index is 0.151. The third-order valence-corrected chi connectivity index (χ3v) is 4.44. The second kappa shape index (κ2) is 8.03. The summed E-state index contributed by atoms with van der Waals surface area (Å²) in [5.74, 6) is 0.386. The number of rotatable bonds is 6. The predicted molar refractivity (Wildman–Crippen MR) is 105 cm³/mol. The summed E-state index contributed by atoms with van der Waals surface area (Å²) in [6.07, 6.45) is 0.160. The van der Waals surface area contributed by atoms with Crippen molar-refractivity contribution in [2.75, 3.05) is 0 Å². The number of nitrogens with zero attached hydrogens (tertiary/aromatic N) is 1. The number of amides is 2. The molecule has 0 saturated carbocycles. The van der Waals surface area contributed by atoms with Crippen LogP contribution in [0.2, 0.25) is 0 Å². The van der Waals surface area contributed by atoms with E-state index >= 15 is 0 Å². The molecule has 1 heterocycles. The fourth-order valence-corrected chi connectivity index (χ4v) is 3.03. The average molecular weight is 364 g/mol. The molecule has 0 aliphatic rings. The molecule has 0 radical (unpaired) electrons. The van der Waals surface area contributed by atoms with Gasteiger partial charge in [-0.05, 0) is 31.5 Å². The highest BCUT2D eigenvalue weighted by atomic mass is 16.2. The number of nitrogens with one attached hydrogen (secondary N) is 3. The Labute approximate surface area is 158 Å². The third-order valence-electron chi connectivity index (χ3n) is 4.44. The number of aryl methyl sites for hydroxylation is 1. The average Bonchev–Trinajstić information content (AvgIpc) is 3.05. The molecule has 3 rings (SSSR count). The topological polar surface area (TPSA) is 86.9 Å². The van der Waals surface area contributed by atoms with Crippen LogP contribution in [0.15, 0.2) is 48.5 Å². The predicted octanol–water partition coefficient (Wildman–Crippen LogP) is 3.32. The zero-order valence-corrected chi connectivity index (χ0v) is 15.7. The Hall–Kier alpha value is -3.15. The highest BCUT2D eigenvalue weighted by Crippen LogP contribution is 2.19. The Kier molecular flexibility index (Phi) is 5.54. The molecule has 2 amide bonds. The SMILES string of the molecule is CC(=O)N[C@@H](CC(=O)N[C@@H](C)c1nc2ccccc2[nH]1)c1ccc(C)cc1. The van der Waals surface area contributed by atoms with E-state index in [1.54, 1.807) is 0 Å². The molecule has 6 heteroatoms. The summed E-state index contributed by atoms with van der Waals surface area (Å²) in [6, 6.07) is 14.9. The molecule has 2 aromatic carbocycles. The molecular formula is C21H24N4O2. The number of hydrogen-bond acceptors (Lipinski definition) is 3. The van der Waals surface area contributed by atoms with Crippen LogP contribution in [0.1, 0.15) is 49.3 Å². The van der Waals surface area contributed by atoms with E-state index in [9.17, 15) is 9.59 Å². The maximum atomic E-state index is 12.6. The summed E-state index contributed by atoms with van der Waals surface area (Å²) in [6.45, 7) is 5.34. The van der Waals surface area contributed by atoms with Crippen molar-refractivity contribution in [3.8, 4) is 0 Å². The Bertz CT molecular complexity index is 913. The van der Waals surface area contributed by atoms with Gasteiger partial charge in [0.2, 0.25) is 11.8 Å². The Balaban J connectivity index is 1.69. The maximum Gasteiger partial charge on any atom is 0.222 e. The van der Waals surface area contributed by atoms with E-state index in [0.29, 0.717) is 5.82 Å². The van der Waals surface area contributed by atoms with Gasteiger partial charge >= 0.3 is 0 Å². The second-order valence-corrected chi connectivity index (χ2v) is 6.80. The first-order valence-corrected chi connectivity index (χ1v) is 9.00. The van der Waals surface area contributed by atoms with Crippen LogP contribution in [-0.4, -0.2) is 21.8 Å². The van der Waals surface area contributed by atoms with E-state index in [-0.39, 0.29) is 30.3 Å². The number of aromatic amines is 1. The van der Waals surface area contributed by atoms with Gasteiger partial charge in [0.1, 0.15) is 5.82 Å². The molecule has 0 unspecified atom stereocenters. The van der Waals surface area contributed by atoms with Gasteiger partial charge in [-0.2, -0.15) is 0 Å². The van der Waals surface area contributed by atoms with Crippen LogP contribution >= 0.6 is 0 Å². The van der Waals surface area contributed by atoms with Gasteiger partial charge in [0.05, 0.1) is 29.5 Å². The first-order chi connectivity index (χ1) is 12.9. The largest absolute Gasteiger partial charge is 0.349 e. The first-order valence-electron chi connectivity index (χ1n) is 9.00. The Morgan fingerprint density at radius 3 is 2.44 bits per heavy atom. The summed E-state index contributed by atoms with van der Waals surface area (Å²) in [5, 5.41) is 5.82.